The van der Waals surface area contributed by atoms with Gasteiger partial charge in [0.15, 0.2) is 9.84 Å². The Hall–Kier alpha value is -2.93. The van der Waals surface area contributed by atoms with E-state index in [2.05, 4.69) is 0 Å². The predicted molar refractivity (Wildman–Crippen MR) is 112 cm³/mol. The number of para-hydroxylation sites is 1. The molecule has 2 saturated heterocycles. The van der Waals surface area contributed by atoms with Crippen LogP contribution in [0.2, 0.25) is 0 Å². The van der Waals surface area contributed by atoms with Gasteiger partial charge in [0.1, 0.15) is 11.1 Å². The molecule has 3 aromatic rings. The first-order valence-electron chi connectivity index (χ1n) is 10.1. The molecule has 0 saturated carbocycles. The van der Waals surface area contributed by atoms with Crippen molar-refractivity contribution in [2.45, 2.75) is 47.9 Å². The van der Waals surface area contributed by atoms with Crippen molar-refractivity contribution in [1.82, 2.24) is 4.90 Å². The molecule has 0 aliphatic carbocycles. The topological polar surface area (TPSA) is 84.7 Å². The van der Waals surface area contributed by atoms with Gasteiger partial charge in [0.05, 0.1) is 10.1 Å². The van der Waals surface area contributed by atoms with Crippen LogP contribution in [0.5, 0.6) is 0 Å². The van der Waals surface area contributed by atoms with Gasteiger partial charge in [-0.25, -0.2) is 13.2 Å². The predicted octanol–water partition coefficient (Wildman–Crippen LogP) is 3.40. The molecular formula is C23H21NO5S. The van der Waals surface area contributed by atoms with E-state index in [0.29, 0.717) is 28.7 Å². The second-order valence-corrected chi connectivity index (χ2v) is 10.3. The molecule has 2 aliphatic heterocycles. The van der Waals surface area contributed by atoms with E-state index in [4.69, 9.17) is 4.42 Å². The van der Waals surface area contributed by atoms with E-state index in [1.165, 1.54) is 0 Å². The number of amides is 1. The van der Waals surface area contributed by atoms with Gasteiger partial charge in [0, 0.05) is 17.5 Å². The summed E-state index contributed by atoms with van der Waals surface area (Å²) in [5.74, 6) is -0.363. The van der Waals surface area contributed by atoms with Gasteiger partial charge in [-0.3, -0.25) is 4.79 Å². The maximum atomic E-state index is 13.3. The van der Waals surface area contributed by atoms with E-state index in [1.54, 1.807) is 59.5 Å². The molecule has 2 aromatic carbocycles. The van der Waals surface area contributed by atoms with Crippen LogP contribution in [0, 0.1) is 0 Å². The fourth-order valence-electron chi connectivity index (χ4n) is 4.86. The fraction of sp³-hybridized carbons (Fsp3) is 0.304. The maximum absolute atomic E-state index is 13.3. The summed E-state index contributed by atoms with van der Waals surface area (Å²) in [7, 11) is -3.46. The molecule has 1 amide bonds. The minimum Gasteiger partial charge on any atom is -0.422 e. The van der Waals surface area contributed by atoms with Gasteiger partial charge in [-0.15, -0.1) is 0 Å². The van der Waals surface area contributed by atoms with Gasteiger partial charge in [0.2, 0.25) is 0 Å². The maximum Gasteiger partial charge on any atom is 0.349 e. The normalized spacial score (nSPS) is 23.6. The summed E-state index contributed by atoms with van der Waals surface area (Å²) >= 11 is 0. The second kappa shape index (κ2) is 7.09. The van der Waals surface area contributed by atoms with Crippen LogP contribution in [-0.2, 0) is 9.84 Å². The quantitative estimate of drug-likeness (QED) is 0.603. The molecule has 0 spiro atoms. The Balaban J connectivity index is 1.44. The SMILES string of the molecule is O=C(c1cc2ccccc2oc1=O)N1C2CCC1CC(S(=O)(=O)c1ccccc1)C2. The van der Waals surface area contributed by atoms with Gasteiger partial charge in [-0.1, -0.05) is 36.4 Å². The van der Waals surface area contributed by atoms with Gasteiger partial charge < -0.3 is 9.32 Å². The highest BCUT2D eigenvalue weighted by Crippen LogP contribution is 2.40. The number of hydrogen-bond donors (Lipinski definition) is 0. The molecule has 2 bridgehead atoms. The molecule has 3 heterocycles. The Morgan fingerprint density at radius 3 is 2.27 bits per heavy atom. The van der Waals surface area contributed by atoms with E-state index in [-0.39, 0.29) is 23.6 Å². The smallest absolute Gasteiger partial charge is 0.349 e. The first-order valence-corrected chi connectivity index (χ1v) is 11.6. The summed E-state index contributed by atoms with van der Waals surface area (Å²) in [5, 5.41) is 0.170. The number of fused-ring (bicyclic) bond motifs is 3. The van der Waals surface area contributed by atoms with Crippen molar-refractivity contribution < 1.29 is 17.6 Å². The van der Waals surface area contributed by atoms with E-state index in [1.807, 2.05) is 6.07 Å². The van der Waals surface area contributed by atoms with Crippen molar-refractivity contribution in [3.05, 3.63) is 76.6 Å². The Morgan fingerprint density at radius 2 is 1.57 bits per heavy atom. The molecule has 1 aromatic heterocycles. The lowest BCUT2D eigenvalue weighted by Crippen LogP contribution is -2.50. The van der Waals surface area contributed by atoms with Crippen LogP contribution in [0.25, 0.3) is 11.0 Å². The van der Waals surface area contributed by atoms with Crippen molar-refractivity contribution in [2.75, 3.05) is 0 Å². The third-order valence-electron chi connectivity index (χ3n) is 6.31. The summed E-state index contributed by atoms with van der Waals surface area (Å²) in [6.07, 6.45) is 2.27. The Bertz CT molecular complexity index is 1270. The van der Waals surface area contributed by atoms with Crippen molar-refractivity contribution in [3.63, 3.8) is 0 Å². The van der Waals surface area contributed by atoms with Crippen LogP contribution in [0.15, 0.2) is 74.8 Å². The van der Waals surface area contributed by atoms with E-state index < -0.39 is 20.7 Å². The number of benzene rings is 2. The highest BCUT2D eigenvalue weighted by atomic mass is 32.2. The molecule has 2 aliphatic rings. The molecule has 0 radical (unpaired) electrons. The number of nitrogens with zero attached hydrogens (tertiary/aromatic N) is 1. The van der Waals surface area contributed by atoms with Crippen molar-refractivity contribution in [1.29, 1.82) is 0 Å². The molecule has 154 valence electrons. The Morgan fingerprint density at radius 1 is 0.933 bits per heavy atom. The summed E-state index contributed by atoms with van der Waals surface area (Å²) < 4.78 is 31.5. The van der Waals surface area contributed by atoms with Gasteiger partial charge in [-0.05, 0) is 49.9 Å². The van der Waals surface area contributed by atoms with Crippen LogP contribution in [-0.4, -0.2) is 36.6 Å². The van der Waals surface area contributed by atoms with Crippen LogP contribution >= 0.6 is 0 Å². The molecule has 30 heavy (non-hydrogen) atoms. The second-order valence-electron chi connectivity index (χ2n) is 8.03. The minimum absolute atomic E-state index is 0.00923. The van der Waals surface area contributed by atoms with Gasteiger partial charge >= 0.3 is 5.63 Å². The number of hydrogen-bond acceptors (Lipinski definition) is 5. The van der Waals surface area contributed by atoms with Crippen LogP contribution in [0.3, 0.4) is 0 Å². The lowest BCUT2D eigenvalue weighted by molar-refractivity contribution is 0.0594. The Kier molecular flexibility index (Phi) is 4.50. The molecule has 2 unspecified atom stereocenters. The van der Waals surface area contributed by atoms with Gasteiger partial charge in [0.25, 0.3) is 5.91 Å². The summed E-state index contributed by atoms with van der Waals surface area (Å²) in [4.78, 5) is 27.8. The molecule has 5 rings (SSSR count). The first-order chi connectivity index (χ1) is 14.4. The third kappa shape index (κ3) is 3.04. The zero-order chi connectivity index (χ0) is 20.9. The van der Waals surface area contributed by atoms with Gasteiger partial charge in [-0.2, -0.15) is 0 Å². The zero-order valence-electron chi connectivity index (χ0n) is 16.2. The molecule has 2 fully saturated rings. The minimum atomic E-state index is -3.46. The number of rotatable bonds is 3. The summed E-state index contributed by atoms with van der Waals surface area (Å²) in [5.41, 5.74) is -0.207. The lowest BCUT2D eigenvalue weighted by atomic mass is 10.0. The van der Waals surface area contributed by atoms with Crippen LogP contribution < -0.4 is 5.63 Å². The highest BCUT2D eigenvalue weighted by molar-refractivity contribution is 7.92. The monoisotopic (exact) mass is 423 g/mol. The fourth-order valence-corrected chi connectivity index (χ4v) is 6.74. The largest absolute Gasteiger partial charge is 0.422 e. The Labute approximate surface area is 174 Å². The average molecular weight is 423 g/mol. The van der Waals surface area contributed by atoms with Crippen molar-refractivity contribution >= 4 is 26.7 Å². The zero-order valence-corrected chi connectivity index (χ0v) is 17.0. The number of sulfone groups is 1. The molecule has 2 atom stereocenters. The molecular weight excluding hydrogens is 402 g/mol. The standard InChI is InChI=1S/C23H21NO5S/c25-22(20-12-15-6-4-5-9-21(15)29-23(20)26)24-16-10-11-17(24)14-19(13-16)30(27,28)18-7-2-1-3-8-18/h1-9,12,16-17,19H,10-11,13-14H2. The average Bonchev–Trinajstić information content (AvgIpc) is 3.02. The van der Waals surface area contributed by atoms with Crippen molar-refractivity contribution in [2.24, 2.45) is 0 Å². The number of piperidine rings is 1. The van der Waals surface area contributed by atoms with Crippen LogP contribution in [0.4, 0.5) is 0 Å². The number of carbonyl (C=O) groups is 1. The highest BCUT2D eigenvalue weighted by Gasteiger charge is 2.47. The first kappa shape index (κ1) is 19.1. The molecule has 7 heteroatoms. The lowest BCUT2D eigenvalue weighted by Gasteiger charge is -2.38. The van der Waals surface area contributed by atoms with E-state index in [9.17, 15) is 18.0 Å². The van der Waals surface area contributed by atoms with Crippen molar-refractivity contribution in [3.8, 4) is 0 Å². The van der Waals surface area contributed by atoms with Crippen LogP contribution in [0.1, 0.15) is 36.0 Å². The van der Waals surface area contributed by atoms with E-state index in [0.717, 1.165) is 12.8 Å². The van der Waals surface area contributed by atoms with E-state index >= 15 is 0 Å². The third-order valence-corrected chi connectivity index (χ3v) is 8.50. The summed E-state index contributed by atoms with van der Waals surface area (Å²) in [6, 6.07) is 16.7. The molecule has 6 nitrogen and oxygen atoms in total. The molecule has 0 N–H and O–H groups in total. The summed E-state index contributed by atoms with van der Waals surface area (Å²) in [6.45, 7) is 0. The number of carbonyl (C=O) groups excluding carboxylic acids is 1.